The number of nitrogen functional groups attached to an aromatic ring is 1. The quantitative estimate of drug-likeness (QED) is 0.437. The highest BCUT2D eigenvalue weighted by Gasteiger charge is 2.19. The van der Waals surface area contributed by atoms with Gasteiger partial charge in [0, 0.05) is 29.7 Å². The smallest absolute Gasteiger partial charge is 0.279 e. The summed E-state index contributed by atoms with van der Waals surface area (Å²) in [7, 11) is 0. The second-order valence-corrected chi connectivity index (χ2v) is 4.26. The summed E-state index contributed by atoms with van der Waals surface area (Å²) >= 11 is 0. The molecule has 0 amide bonds. The molecule has 20 heavy (non-hydrogen) atoms. The number of para-hydroxylation sites is 1. The van der Waals surface area contributed by atoms with Crippen LogP contribution < -0.4 is 5.73 Å². The second-order valence-electron chi connectivity index (χ2n) is 4.26. The van der Waals surface area contributed by atoms with E-state index in [1.807, 2.05) is 0 Å². The Labute approximate surface area is 114 Å². The molecular formula is C14H10N4O2. The number of rotatable bonds is 2. The monoisotopic (exact) mass is 266 g/mol. The standard InChI is InChI=1S/C14H10N4O2/c15-11-4-2-1-3-9(11)10-7-12-13(17-6-5-16-12)8-14(10)18(19)20/h1-8H,15H2. The minimum absolute atomic E-state index is 0.0316. The van der Waals surface area contributed by atoms with Crippen LogP contribution >= 0.6 is 0 Å². The minimum Gasteiger partial charge on any atom is -0.398 e. The summed E-state index contributed by atoms with van der Waals surface area (Å²) in [6, 6.07) is 10.1. The maximum Gasteiger partial charge on any atom is 0.279 e. The number of anilines is 1. The van der Waals surface area contributed by atoms with Crippen molar-refractivity contribution in [2.45, 2.75) is 0 Å². The number of benzene rings is 2. The third kappa shape index (κ3) is 1.93. The Kier molecular flexibility index (Phi) is 2.76. The molecule has 3 rings (SSSR count). The van der Waals surface area contributed by atoms with Crippen molar-refractivity contribution in [3.63, 3.8) is 0 Å². The van der Waals surface area contributed by atoms with E-state index in [0.717, 1.165) is 0 Å². The summed E-state index contributed by atoms with van der Waals surface area (Å²) in [4.78, 5) is 19.1. The van der Waals surface area contributed by atoms with Crippen molar-refractivity contribution in [3.05, 3.63) is 58.9 Å². The number of hydrogen-bond acceptors (Lipinski definition) is 5. The normalized spacial score (nSPS) is 10.6. The minimum atomic E-state index is -0.435. The zero-order chi connectivity index (χ0) is 14.1. The topological polar surface area (TPSA) is 94.9 Å². The fourth-order valence-electron chi connectivity index (χ4n) is 2.11. The molecular weight excluding hydrogens is 256 g/mol. The van der Waals surface area contributed by atoms with Gasteiger partial charge in [0.2, 0.25) is 0 Å². The average molecular weight is 266 g/mol. The van der Waals surface area contributed by atoms with Crippen molar-refractivity contribution in [2.75, 3.05) is 5.73 Å². The lowest BCUT2D eigenvalue weighted by molar-refractivity contribution is -0.384. The number of nitrogens with two attached hydrogens (primary N) is 1. The van der Waals surface area contributed by atoms with E-state index in [2.05, 4.69) is 9.97 Å². The van der Waals surface area contributed by atoms with Crippen LogP contribution in [0.25, 0.3) is 22.2 Å². The third-order valence-corrected chi connectivity index (χ3v) is 3.03. The molecule has 3 aromatic rings. The van der Waals surface area contributed by atoms with Crippen LogP contribution in [0.5, 0.6) is 0 Å². The molecule has 98 valence electrons. The van der Waals surface area contributed by atoms with Gasteiger partial charge in [-0.05, 0) is 12.1 Å². The molecule has 0 saturated heterocycles. The Morgan fingerprint density at radius 3 is 2.30 bits per heavy atom. The molecule has 0 radical (unpaired) electrons. The second kappa shape index (κ2) is 4.58. The Morgan fingerprint density at radius 2 is 1.65 bits per heavy atom. The van der Waals surface area contributed by atoms with Gasteiger partial charge in [-0.25, -0.2) is 0 Å². The van der Waals surface area contributed by atoms with Crippen LogP contribution in [-0.2, 0) is 0 Å². The van der Waals surface area contributed by atoms with E-state index >= 15 is 0 Å². The van der Waals surface area contributed by atoms with E-state index in [1.165, 1.54) is 12.3 Å². The number of fused-ring (bicyclic) bond motifs is 1. The molecule has 0 fully saturated rings. The summed E-state index contributed by atoms with van der Waals surface area (Å²) in [5.74, 6) is 0. The molecule has 0 aliphatic heterocycles. The SMILES string of the molecule is Nc1ccccc1-c1cc2nccnc2cc1[N+](=O)[O-]. The first-order valence-corrected chi connectivity index (χ1v) is 5.91. The predicted molar refractivity (Wildman–Crippen MR) is 76.0 cm³/mol. The molecule has 0 aliphatic carbocycles. The van der Waals surface area contributed by atoms with E-state index < -0.39 is 4.92 Å². The van der Waals surface area contributed by atoms with Gasteiger partial charge in [0.15, 0.2) is 0 Å². The largest absolute Gasteiger partial charge is 0.398 e. The molecule has 6 nitrogen and oxygen atoms in total. The van der Waals surface area contributed by atoms with E-state index in [-0.39, 0.29) is 5.69 Å². The van der Waals surface area contributed by atoms with Gasteiger partial charge < -0.3 is 5.73 Å². The maximum atomic E-state index is 11.3. The number of hydrogen-bond donors (Lipinski definition) is 1. The van der Waals surface area contributed by atoms with E-state index in [9.17, 15) is 10.1 Å². The fourth-order valence-corrected chi connectivity index (χ4v) is 2.11. The summed E-state index contributed by atoms with van der Waals surface area (Å²) < 4.78 is 0. The Balaban J connectivity index is 2.36. The van der Waals surface area contributed by atoms with Gasteiger partial charge in [0.1, 0.15) is 0 Å². The Morgan fingerprint density at radius 1 is 1.00 bits per heavy atom. The summed E-state index contributed by atoms with van der Waals surface area (Å²) in [6.45, 7) is 0. The Bertz CT molecular complexity index is 817. The lowest BCUT2D eigenvalue weighted by Gasteiger charge is -2.07. The first kappa shape index (κ1) is 12.0. The molecule has 6 heteroatoms. The maximum absolute atomic E-state index is 11.3. The van der Waals surface area contributed by atoms with Gasteiger partial charge in [0.05, 0.1) is 21.5 Å². The van der Waals surface area contributed by atoms with Gasteiger partial charge in [-0.2, -0.15) is 0 Å². The van der Waals surface area contributed by atoms with Crippen molar-refractivity contribution in [3.8, 4) is 11.1 Å². The molecule has 0 unspecified atom stereocenters. The zero-order valence-corrected chi connectivity index (χ0v) is 10.4. The highest BCUT2D eigenvalue weighted by Crippen LogP contribution is 2.35. The molecule has 0 atom stereocenters. The van der Waals surface area contributed by atoms with Gasteiger partial charge in [-0.1, -0.05) is 18.2 Å². The first-order chi connectivity index (χ1) is 9.66. The van der Waals surface area contributed by atoms with Gasteiger partial charge >= 0.3 is 0 Å². The molecule has 2 N–H and O–H groups in total. The van der Waals surface area contributed by atoms with Gasteiger partial charge in [-0.15, -0.1) is 0 Å². The van der Waals surface area contributed by atoms with Crippen LogP contribution in [-0.4, -0.2) is 14.9 Å². The Hall–Kier alpha value is -3.02. The number of nitro groups is 1. The number of nitro benzene ring substituents is 1. The fraction of sp³-hybridized carbons (Fsp3) is 0. The molecule has 0 spiro atoms. The molecule has 1 aromatic heterocycles. The van der Waals surface area contributed by atoms with Crippen molar-refractivity contribution >= 4 is 22.4 Å². The van der Waals surface area contributed by atoms with Gasteiger partial charge in [-0.3, -0.25) is 20.1 Å². The van der Waals surface area contributed by atoms with Crippen molar-refractivity contribution < 1.29 is 4.92 Å². The highest BCUT2D eigenvalue weighted by molar-refractivity contribution is 5.91. The van der Waals surface area contributed by atoms with Crippen molar-refractivity contribution in [2.24, 2.45) is 0 Å². The molecule has 0 saturated carbocycles. The van der Waals surface area contributed by atoms with Crippen LogP contribution in [0.2, 0.25) is 0 Å². The first-order valence-electron chi connectivity index (χ1n) is 5.91. The van der Waals surface area contributed by atoms with Crippen LogP contribution in [0.15, 0.2) is 48.8 Å². The lowest BCUT2D eigenvalue weighted by atomic mass is 10.0. The van der Waals surface area contributed by atoms with Crippen molar-refractivity contribution in [1.82, 2.24) is 9.97 Å². The summed E-state index contributed by atoms with van der Waals surface area (Å²) in [5.41, 5.74) is 8.50. The van der Waals surface area contributed by atoms with Crippen LogP contribution in [0, 0.1) is 10.1 Å². The van der Waals surface area contributed by atoms with E-state index in [0.29, 0.717) is 27.8 Å². The summed E-state index contributed by atoms with van der Waals surface area (Å²) in [5, 5.41) is 11.3. The molecule has 0 aliphatic rings. The number of nitrogens with zero attached hydrogens (tertiary/aromatic N) is 3. The molecule has 1 heterocycles. The van der Waals surface area contributed by atoms with E-state index in [4.69, 9.17) is 5.73 Å². The summed E-state index contributed by atoms with van der Waals surface area (Å²) in [6.07, 6.45) is 3.05. The third-order valence-electron chi connectivity index (χ3n) is 3.03. The van der Waals surface area contributed by atoms with Crippen molar-refractivity contribution in [1.29, 1.82) is 0 Å². The van der Waals surface area contributed by atoms with E-state index in [1.54, 1.807) is 36.5 Å². The highest BCUT2D eigenvalue weighted by atomic mass is 16.6. The zero-order valence-electron chi connectivity index (χ0n) is 10.4. The van der Waals surface area contributed by atoms with Crippen LogP contribution in [0.4, 0.5) is 11.4 Å². The van der Waals surface area contributed by atoms with Crippen LogP contribution in [0.3, 0.4) is 0 Å². The van der Waals surface area contributed by atoms with Crippen LogP contribution in [0.1, 0.15) is 0 Å². The average Bonchev–Trinajstić information content (AvgIpc) is 2.46. The molecule has 2 aromatic carbocycles. The molecule has 0 bridgehead atoms. The number of aromatic nitrogens is 2. The van der Waals surface area contributed by atoms with Gasteiger partial charge in [0.25, 0.3) is 5.69 Å². The lowest BCUT2D eigenvalue weighted by Crippen LogP contribution is -1.96. The predicted octanol–water partition coefficient (Wildman–Crippen LogP) is 2.79.